The first-order valence-corrected chi connectivity index (χ1v) is 6.46. The number of aliphatic hydroxyl groups excluding tert-OH is 1. The zero-order chi connectivity index (χ0) is 11.8. The number of nitrogens with zero attached hydrogens (tertiary/aromatic N) is 2. The van der Waals surface area contributed by atoms with Gasteiger partial charge >= 0.3 is 0 Å². The fourth-order valence-corrected chi connectivity index (χ4v) is 2.31. The molecule has 94 valence electrons. The Morgan fingerprint density at radius 1 is 1.31 bits per heavy atom. The molecule has 1 saturated heterocycles. The molecular formula is C13H26N2O. The van der Waals surface area contributed by atoms with Crippen LogP contribution in [0, 0.1) is 0 Å². The maximum absolute atomic E-state index is 8.87. The molecule has 1 rings (SSSR count). The van der Waals surface area contributed by atoms with Crippen LogP contribution in [0.5, 0.6) is 0 Å². The average Bonchev–Trinajstić information content (AvgIpc) is 2.30. The Morgan fingerprint density at radius 2 is 2.00 bits per heavy atom. The highest BCUT2D eigenvalue weighted by Gasteiger charge is 2.19. The van der Waals surface area contributed by atoms with Crippen LogP contribution in [0.2, 0.25) is 0 Å². The molecule has 3 nitrogen and oxygen atoms in total. The highest BCUT2D eigenvalue weighted by molar-refractivity contribution is 4.77. The van der Waals surface area contributed by atoms with Crippen LogP contribution in [0.1, 0.15) is 26.2 Å². The largest absolute Gasteiger partial charge is 0.395 e. The maximum Gasteiger partial charge on any atom is 0.0558 e. The summed E-state index contributed by atoms with van der Waals surface area (Å²) in [6.45, 7) is 11.7. The molecule has 1 N–H and O–H groups in total. The van der Waals surface area contributed by atoms with Crippen LogP contribution in [0.4, 0.5) is 0 Å². The van der Waals surface area contributed by atoms with Crippen molar-refractivity contribution in [1.29, 1.82) is 0 Å². The highest BCUT2D eigenvalue weighted by Crippen LogP contribution is 2.11. The summed E-state index contributed by atoms with van der Waals surface area (Å²) >= 11 is 0. The molecule has 0 radical (unpaired) electrons. The zero-order valence-corrected chi connectivity index (χ0v) is 10.6. The van der Waals surface area contributed by atoms with E-state index in [0.717, 1.165) is 39.1 Å². The van der Waals surface area contributed by atoms with Gasteiger partial charge in [-0.05, 0) is 26.2 Å². The summed E-state index contributed by atoms with van der Waals surface area (Å²) in [5, 5.41) is 8.87. The van der Waals surface area contributed by atoms with E-state index < -0.39 is 0 Å². The summed E-state index contributed by atoms with van der Waals surface area (Å²) in [4.78, 5) is 4.91. The normalized spacial score (nSPS) is 20.9. The quantitative estimate of drug-likeness (QED) is 0.524. The average molecular weight is 226 g/mol. The number of piperazine rings is 1. The first kappa shape index (κ1) is 13.7. The number of unbranched alkanes of at least 4 members (excludes halogenated alkanes) is 1. The molecule has 0 aliphatic carbocycles. The molecule has 1 heterocycles. The van der Waals surface area contributed by atoms with Gasteiger partial charge < -0.3 is 5.11 Å². The molecular weight excluding hydrogens is 200 g/mol. The van der Waals surface area contributed by atoms with Crippen LogP contribution in [0.25, 0.3) is 0 Å². The number of rotatable bonds is 7. The number of hydrogen-bond acceptors (Lipinski definition) is 3. The number of aliphatic hydroxyl groups is 1. The van der Waals surface area contributed by atoms with Crippen LogP contribution in [-0.4, -0.2) is 60.3 Å². The monoisotopic (exact) mass is 226 g/mol. The topological polar surface area (TPSA) is 26.7 Å². The van der Waals surface area contributed by atoms with E-state index in [1.54, 1.807) is 0 Å². The van der Waals surface area contributed by atoms with Crippen molar-refractivity contribution in [1.82, 2.24) is 9.80 Å². The zero-order valence-electron chi connectivity index (χ0n) is 10.6. The second-order valence-corrected chi connectivity index (χ2v) is 4.67. The lowest BCUT2D eigenvalue weighted by Gasteiger charge is -2.37. The molecule has 1 atom stereocenters. The number of β-amino-alcohol motifs (C(OH)–C–C–N with tert-alkyl or cyclic N) is 1. The third-order valence-electron chi connectivity index (χ3n) is 3.48. The van der Waals surface area contributed by atoms with Gasteiger partial charge in [-0.3, -0.25) is 9.80 Å². The molecule has 0 aromatic carbocycles. The summed E-state index contributed by atoms with van der Waals surface area (Å²) in [7, 11) is 0. The van der Waals surface area contributed by atoms with Crippen LogP contribution in [0.15, 0.2) is 12.7 Å². The van der Waals surface area contributed by atoms with Crippen molar-refractivity contribution < 1.29 is 5.11 Å². The second kappa shape index (κ2) is 7.82. The molecule has 1 aliphatic rings. The van der Waals surface area contributed by atoms with Crippen molar-refractivity contribution in [3.63, 3.8) is 0 Å². The lowest BCUT2D eigenvalue weighted by atomic mass is 10.1. The van der Waals surface area contributed by atoms with Crippen LogP contribution < -0.4 is 0 Å². The minimum Gasteiger partial charge on any atom is -0.395 e. The third kappa shape index (κ3) is 4.64. The van der Waals surface area contributed by atoms with Crippen LogP contribution in [-0.2, 0) is 0 Å². The van der Waals surface area contributed by atoms with Gasteiger partial charge in [0.25, 0.3) is 0 Å². The molecule has 1 aliphatic heterocycles. The lowest BCUT2D eigenvalue weighted by Crippen LogP contribution is -2.50. The van der Waals surface area contributed by atoms with E-state index in [1.807, 2.05) is 6.08 Å². The Hall–Kier alpha value is -0.380. The van der Waals surface area contributed by atoms with Gasteiger partial charge in [0.2, 0.25) is 0 Å². The van der Waals surface area contributed by atoms with Crippen molar-refractivity contribution in [3.8, 4) is 0 Å². The smallest absolute Gasteiger partial charge is 0.0558 e. The van der Waals surface area contributed by atoms with E-state index in [1.165, 1.54) is 12.8 Å². The van der Waals surface area contributed by atoms with E-state index in [-0.39, 0.29) is 6.61 Å². The van der Waals surface area contributed by atoms with Crippen LogP contribution in [0.3, 0.4) is 0 Å². The van der Waals surface area contributed by atoms with E-state index in [0.29, 0.717) is 6.04 Å². The van der Waals surface area contributed by atoms with E-state index in [2.05, 4.69) is 23.3 Å². The third-order valence-corrected chi connectivity index (χ3v) is 3.48. The Balaban J connectivity index is 2.16. The molecule has 1 unspecified atom stereocenters. The lowest BCUT2D eigenvalue weighted by molar-refractivity contribution is 0.0856. The number of allylic oxidation sites excluding steroid dienone is 1. The van der Waals surface area contributed by atoms with Crippen LogP contribution >= 0.6 is 0 Å². The second-order valence-electron chi connectivity index (χ2n) is 4.67. The summed E-state index contributed by atoms with van der Waals surface area (Å²) in [6, 6.07) is 0.691. The first-order valence-electron chi connectivity index (χ1n) is 6.46. The molecule has 0 spiro atoms. The minimum absolute atomic E-state index is 0.287. The molecule has 0 amide bonds. The van der Waals surface area contributed by atoms with Crippen molar-refractivity contribution in [2.45, 2.75) is 32.2 Å². The van der Waals surface area contributed by atoms with E-state index >= 15 is 0 Å². The van der Waals surface area contributed by atoms with Gasteiger partial charge in [-0.1, -0.05) is 6.08 Å². The SMILES string of the molecule is C=CCCCC(C)N1CCN(CCO)CC1. The predicted molar refractivity (Wildman–Crippen MR) is 68.6 cm³/mol. The summed E-state index contributed by atoms with van der Waals surface area (Å²) in [5.41, 5.74) is 0. The molecule has 1 fully saturated rings. The molecule has 0 aromatic heterocycles. The number of hydrogen-bond donors (Lipinski definition) is 1. The van der Waals surface area contributed by atoms with Gasteiger partial charge in [0.1, 0.15) is 0 Å². The Bertz CT molecular complexity index is 188. The molecule has 3 heteroatoms. The fraction of sp³-hybridized carbons (Fsp3) is 0.846. The summed E-state index contributed by atoms with van der Waals surface area (Å²) < 4.78 is 0. The molecule has 0 saturated carbocycles. The van der Waals surface area contributed by atoms with Gasteiger partial charge in [0.15, 0.2) is 0 Å². The predicted octanol–water partition coefficient (Wildman–Crippen LogP) is 1.34. The van der Waals surface area contributed by atoms with Crippen molar-refractivity contribution in [2.24, 2.45) is 0 Å². The first-order chi connectivity index (χ1) is 7.77. The Kier molecular flexibility index (Phi) is 6.69. The van der Waals surface area contributed by atoms with E-state index in [4.69, 9.17) is 5.11 Å². The summed E-state index contributed by atoms with van der Waals surface area (Å²) in [5.74, 6) is 0. The van der Waals surface area contributed by atoms with Crippen molar-refractivity contribution >= 4 is 0 Å². The van der Waals surface area contributed by atoms with Gasteiger partial charge in [-0.15, -0.1) is 6.58 Å². The van der Waals surface area contributed by atoms with Gasteiger partial charge in [0.05, 0.1) is 6.61 Å². The van der Waals surface area contributed by atoms with Gasteiger partial charge in [-0.2, -0.15) is 0 Å². The van der Waals surface area contributed by atoms with E-state index in [9.17, 15) is 0 Å². The molecule has 0 aromatic rings. The van der Waals surface area contributed by atoms with Gasteiger partial charge in [0, 0.05) is 38.8 Å². The van der Waals surface area contributed by atoms with Gasteiger partial charge in [-0.25, -0.2) is 0 Å². The standard InChI is InChI=1S/C13H26N2O/c1-3-4-5-6-13(2)15-9-7-14(8-10-15)11-12-16/h3,13,16H,1,4-12H2,2H3. The minimum atomic E-state index is 0.287. The maximum atomic E-state index is 8.87. The summed E-state index contributed by atoms with van der Waals surface area (Å²) in [6.07, 6.45) is 5.66. The molecule has 16 heavy (non-hydrogen) atoms. The molecule has 0 bridgehead atoms. The fourth-order valence-electron chi connectivity index (χ4n) is 2.31. The Labute approximate surface area is 99.7 Å². The Morgan fingerprint density at radius 3 is 2.56 bits per heavy atom. The van der Waals surface area contributed by atoms with Crippen molar-refractivity contribution in [2.75, 3.05) is 39.3 Å². The van der Waals surface area contributed by atoms with Crippen molar-refractivity contribution in [3.05, 3.63) is 12.7 Å². The highest BCUT2D eigenvalue weighted by atomic mass is 16.3.